The average Bonchev–Trinajstić information content (AvgIpc) is 3.19. The molecule has 2 aromatic rings. The molecule has 154 valence electrons. The fourth-order valence-corrected chi connectivity index (χ4v) is 4.37. The van der Waals surface area contributed by atoms with Crippen LogP contribution in [-0.4, -0.2) is 43.5 Å². The van der Waals surface area contributed by atoms with Crippen molar-refractivity contribution in [3.8, 4) is 0 Å². The molecule has 0 amide bonds. The van der Waals surface area contributed by atoms with Crippen LogP contribution < -0.4 is 5.32 Å². The van der Waals surface area contributed by atoms with Crippen LogP contribution in [0.3, 0.4) is 0 Å². The van der Waals surface area contributed by atoms with Crippen molar-refractivity contribution in [3.63, 3.8) is 0 Å². The van der Waals surface area contributed by atoms with Gasteiger partial charge in [-0.2, -0.15) is 0 Å². The van der Waals surface area contributed by atoms with Crippen molar-refractivity contribution in [2.75, 3.05) is 0 Å². The van der Waals surface area contributed by atoms with Gasteiger partial charge >= 0.3 is 11.9 Å². The summed E-state index contributed by atoms with van der Waals surface area (Å²) in [5, 5.41) is 3.29. The van der Waals surface area contributed by atoms with Crippen LogP contribution in [0.25, 0.3) is 0 Å². The zero-order valence-electron chi connectivity index (χ0n) is 16.8. The number of morpholine rings is 1. The fourth-order valence-electron chi connectivity index (χ4n) is 4.37. The van der Waals surface area contributed by atoms with Crippen molar-refractivity contribution < 1.29 is 23.8 Å². The molecule has 0 saturated carbocycles. The number of rotatable bonds is 7. The lowest BCUT2D eigenvalue weighted by atomic mass is 9.80. The van der Waals surface area contributed by atoms with E-state index in [2.05, 4.69) is 5.32 Å². The number of benzene rings is 2. The summed E-state index contributed by atoms with van der Waals surface area (Å²) in [5.74, 6) is -1.55. The lowest BCUT2D eigenvalue weighted by molar-refractivity contribution is -0.163. The van der Waals surface area contributed by atoms with E-state index in [1.807, 2.05) is 67.6 Å². The molecule has 5 atom stereocenters. The molecule has 2 unspecified atom stereocenters. The molecule has 2 aliphatic heterocycles. The Morgan fingerprint density at radius 2 is 1.57 bits per heavy atom. The first kappa shape index (κ1) is 20.6. The summed E-state index contributed by atoms with van der Waals surface area (Å²) in [6.45, 7) is 2.20. The number of nitrogens with one attached hydrogen (secondary N) is 1. The van der Waals surface area contributed by atoms with Gasteiger partial charge in [0.2, 0.25) is 0 Å². The van der Waals surface area contributed by atoms with Crippen LogP contribution in [0, 0.1) is 5.92 Å². The van der Waals surface area contributed by atoms with Crippen LogP contribution in [0.15, 0.2) is 60.7 Å². The second-order valence-electron chi connectivity index (χ2n) is 7.85. The van der Waals surface area contributed by atoms with Crippen LogP contribution in [0.2, 0.25) is 0 Å². The van der Waals surface area contributed by atoms with E-state index in [1.165, 1.54) is 0 Å². The summed E-state index contributed by atoms with van der Waals surface area (Å²) < 4.78 is 17.0. The zero-order valence-corrected chi connectivity index (χ0v) is 16.8. The van der Waals surface area contributed by atoms with Crippen LogP contribution in [0.4, 0.5) is 0 Å². The number of fused-ring (bicyclic) bond motifs is 2. The Hall–Kier alpha value is -2.64. The quantitative estimate of drug-likeness (QED) is 0.562. The van der Waals surface area contributed by atoms with Crippen molar-refractivity contribution in [1.82, 2.24) is 5.32 Å². The average molecular weight is 405 g/mol. The molecule has 1 N–H and O–H groups in total. The van der Waals surface area contributed by atoms with E-state index in [4.69, 9.17) is 22.1 Å². The largest absolute Gasteiger partial charge is 0.461 e. The summed E-state index contributed by atoms with van der Waals surface area (Å²) in [6.07, 6.45) is -0.0801. The van der Waals surface area contributed by atoms with Gasteiger partial charge in [0.1, 0.15) is 32.6 Å². The molecule has 0 spiro atoms. The highest BCUT2D eigenvalue weighted by Gasteiger charge is 2.66. The van der Waals surface area contributed by atoms with Gasteiger partial charge < -0.3 is 19.5 Å². The van der Waals surface area contributed by atoms with E-state index in [1.54, 1.807) is 0 Å². The van der Waals surface area contributed by atoms with Gasteiger partial charge in [0.05, 0.1) is 6.42 Å². The van der Waals surface area contributed by atoms with Gasteiger partial charge in [0.15, 0.2) is 0 Å². The molecule has 0 aromatic heterocycles. The highest BCUT2D eigenvalue weighted by atomic mass is 16.6. The minimum absolute atomic E-state index is 0.0801. The minimum atomic E-state index is -1.09. The standard InChI is InChI=1S/C23H24BNO5/c1-15-23(12-18(26)28-13-16-8-4-2-5-9-16)19(20(25-15)21(24)30-23)22(27)29-14-17-10-6-3-7-11-17/h2-11,15,19-21,25H,12-14H2,1H3/t15-,19?,20?,21-,23+/m1/s1. The molecule has 7 heteroatoms. The Morgan fingerprint density at radius 1 is 1.00 bits per heavy atom. The van der Waals surface area contributed by atoms with Gasteiger partial charge in [-0.05, 0) is 18.1 Å². The van der Waals surface area contributed by atoms with Crippen molar-refractivity contribution in [3.05, 3.63) is 71.8 Å². The number of esters is 2. The monoisotopic (exact) mass is 405 g/mol. The number of carbonyl (C=O) groups is 2. The maximum atomic E-state index is 13.0. The molecule has 0 aliphatic carbocycles. The summed E-state index contributed by atoms with van der Waals surface area (Å²) in [6, 6.07) is 17.5. The van der Waals surface area contributed by atoms with Gasteiger partial charge in [-0.15, -0.1) is 0 Å². The van der Waals surface area contributed by atoms with Crippen molar-refractivity contribution in [2.45, 2.75) is 50.2 Å². The smallest absolute Gasteiger partial charge is 0.313 e. The molecule has 2 bridgehead atoms. The Bertz CT molecular complexity index is 893. The second-order valence-corrected chi connectivity index (χ2v) is 7.85. The first-order chi connectivity index (χ1) is 14.5. The molecule has 2 heterocycles. The Balaban J connectivity index is 1.44. The topological polar surface area (TPSA) is 73.9 Å². The summed E-state index contributed by atoms with van der Waals surface area (Å²) >= 11 is 0. The van der Waals surface area contributed by atoms with E-state index in [0.717, 1.165) is 11.1 Å². The van der Waals surface area contributed by atoms with Crippen LogP contribution in [0.5, 0.6) is 0 Å². The summed E-state index contributed by atoms with van der Waals surface area (Å²) in [5.41, 5.74) is 0.687. The van der Waals surface area contributed by atoms with Gasteiger partial charge in [-0.3, -0.25) is 9.59 Å². The molecule has 2 radical (unpaired) electrons. The molecule has 2 aliphatic rings. The van der Waals surface area contributed by atoms with E-state index in [-0.39, 0.29) is 25.7 Å². The normalized spacial score (nSPS) is 29.5. The highest BCUT2D eigenvalue weighted by molar-refractivity contribution is 6.12. The molecule has 2 aromatic carbocycles. The van der Waals surface area contributed by atoms with Gasteiger partial charge in [0.25, 0.3) is 0 Å². The zero-order chi connectivity index (χ0) is 21.1. The van der Waals surface area contributed by atoms with E-state index >= 15 is 0 Å². The third kappa shape index (κ3) is 4.00. The van der Waals surface area contributed by atoms with E-state index in [0.29, 0.717) is 0 Å². The summed E-state index contributed by atoms with van der Waals surface area (Å²) in [7, 11) is 6.10. The molecular weight excluding hydrogens is 381 g/mol. The molecule has 2 fully saturated rings. The van der Waals surface area contributed by atoms with Crippen molar-refractivity contribution in [2.24, 2.45) is 5.92 Å². The molecule has 4 rings (SSSR count). The lowest BCUT2D eigenvalue weighted by Crippen LogP contribution is -2.53. The third-order valence-corrected chi connectivity index (χ3v) is 5.91. The first-order valence-corrected chi connectivity index (χ1v) is 10.1. The molecular formula is C23H24BNO5. The first-order valence-electron chi connectivity index (χ1n) is 10.1. The molecule has 2 saturated heterocycles. The van der Waals surface area contributed by atoms with E-state index in [9.17, 15) is 9.59 Å². The lowest BCUT2D eigenvalue weighted by Gasteiger charge is -2.36. The van der Waals surface area contributed by atoms with Crippen LogP contribution in [-0.2, 0) is 37.0 Å². The maximum absolute atomic E-state index is 13.0. The van der Waals surface area contributed by atoms with Crippen molar-refractivity contribution in [1.29, 1.82) is 0 Å². The number of carbonyl (C=O) groups excluding carboxylic acids is 2. The molecule has 6 nitrogen and oxygen atoms in total. The number of ether oxygens (including phenoxy) is 3. The highest BCUT2D eigenvalue weighted by Crippen LogP contribution is 2.47. The second kappa shape index (κ2) is 8.62. The SMILES string of the molecule is [B][C@@H]1O[C@]2(CC(=O)OCc3ccccc3)C(C(=O)OCc3ccccc3)C1N[C@@H]2C. The third-order valence-electron chi connectivity index (χ3n) is 5.91. The van der Waals surface area contributed by atoms with E-state index < -0.39 is 35.5 Å². The number of hydrogen-bond acceptors (Lipinski definition) is 6. The maximum Gasteiger partial charge on any atom is 0.313 e. The van der Waals surface area contributed by atoms with Gasteiger partial charge in [-0.25, -0.2) is 0 Å². The Kier molecular flexibility index (Phi) is 5.93. The molecule has 30 heavy (non-hydrogen) atoms. The number of hydrogen-bond donors (Lipinski definition) is 1. The van der Waals surface area contributed by atoms with Crippen molar-refractivity contribution >= 4 is 19.8 Å². The van der Waals surface area contributed by atoms with Crippen LogP contribution >= 0.6 is 0 Å². The predicted octanol–water partition coefficient (Wildman–Crippen LogP) is 2.10. The van der Waals surface area contributed by atoms with Gasteiger partial charge in [0, 0.05) is 18.1 Å². The predicted molar refractivity (Wildman–Crippen MR) is 110 cm³/mol. The minimum Gasteiger partial charge on any atom is -0.461 e. The van der Waals surface area contributed by atoms with Crippen LogP contribution in [0.1, 0.15) is 24.5 Å². The Morgan fingerprint density at radius 3 is 2.17 bits per heavy atom. The Labute approximate surface area is 177 Å². The summed E-state index contributed by atoms with van der Waals surface area (Å²) in [4.78, 5) is 25.6. The van der Waals surface area contributed by atoms with Gasteiger partial charge in [-0.1, -0.05) is 60.7 Å². The fraction of sp³-hybridized carbons (Fsp3) is 0.391.